The van der Waals surface area contributed by atoms with Gasteiger partial charge >= 0.3 is 5.97 Å². The van der Waals surface area contributed by atoms with Crippen LogP contribution in [0.1, 0.15) is 22.3 Å². The zero-order valence-corrected chi connectivity index (χ0v) is 9.64. The highest BCUT2D eigenvalue weighted by atomic mass is 35.5. The first-order valence-electron chi connectivity index (χ1n) is 4.81. The minimum absolute atomic E-state index is 0.197. The smallest absolute Gasteiger partial charge is 0.335 e. The van der Waals surface area contributed by atoms with E-state index in [2.05, 4.69) is 17.2 Å². The van der Waals surface area contributed by atoms with Gasteiger partial charge in [-0.1, -0.05) is 23.4 Å². The number of carboxylic acid groups (broad SMARTS) is 1. The lowest BCUT2D eigenvalue weighted by Crippen LogP contribution is -2.05. The van der Waals surface area contributed by atoms with Gasteiger partial charge in [0.2, 0.25) is 0 Å². The third-order valence-electron chi connectivity index (χ3n) is 1.94. The van der Waals surface area contributed by atoms with Crippen molar-refractivity contribution in [3.8, 4) is 11.8 Å². The van der Waals surface area contributed by atoms with Crippen LogP contribution in [0.2, 0.25) is 5.02 Å². The van der Waals surface area contributed by atoms with Crippen LogP contribution in [0.4, 0.5) is 0 Å². The number of aromatic carboxylic acids is 1. The van der Waals surface area contributed by atoms with Gasteiger partial charge in [-0.15, -0.1) is 0 Å². The Labute approximate surface area is 99.4 Å². The molecular weight excluding hydrogens is 226 g/mol. The maximum absolute atomic E-state index is 10.7. The molecule has 3 nitrogen and oxygen atoms in total. The van der Waals surface area contributed by atoms with Crippen molar-refractivity contribution in [2.24, 2.45) is 0 Å². The zero-order chi connectivity index (χ0) is 12.0. The van der Waals surface area contributed by atoms with Crippen molar-refractivity contribution in [1.29, 1.82) is 0 Å². The van der Waals surface area contributed by atoms with Gasteiger partial charge in [-0.05, 0) is 25.2 Å². The van der Waals surface area contributed by atoms with Gasteiger partial charge in [0.25, 0.3) is 0 Å². The number of carbonyl (C=O) groups is 1. The molecule has 0 aliphatic carbocycles. The molecule has 0 unspecified atom stereocenters. The van der Waals surface area contributed by atoms with Crippen LogP contribution in [0.15, 0.2) is 18.2 Å². The van der Waals surface area contributed by atoms with Gasteiger partial charge < -0.3 is 10.4 Å². The van der Waals surface area contributed by atoms with Crippen molar-refractivity contribution >= 4 is 17.6 Å². The van der Waals surface area contributed by atoms with Crippen LogP contribution in [-0.2, 0) is 0 Å². The molecule has 1 aromatic carbocycles. The lowest BCUT2D eigenvalue weighted by atomic mass is 10.1. The van der Waals surface area contributed by atoms with E-state index < -0.39 is 5.97 Å². The normalized spacial score (nSPS) is 9.38. The fourth-order valence-electron chi connectivity index (χ4n) is 1.10. The van der Waals surface area contributed by atoms with Crippen molar-refractivity contribution in [1.82, 2.24) is 5.32 Å². The first-order chi connectivity index (χ1) is 7.65. The van der Waals surface area contributed by atoms with E-state index in [4.69, 9.17) is 16.7 Å². The molecule has 4 heteroatoms. The van der Waals surface area contributed by atoms with Crippen molar-refractivity contribution < 1.29 is 9.90 Å². The quantitative estimate of drug-likeness (QED) is 0.625. The maximum Gasteiger partial charge on any atom is 0.335 e. The molecule has 0 aromatic heterocycles. The van der Waals surface area contributed by atoms with E-state index in [1.165, 1.54) is 12.1 Å². The Balaban J connectivity index is 2.88. The number of benzene rings is 1. The van der Waals surface area contributed by atoms with Crippen molar-refractivity contribution in [3.05, 3.63) is 34.3 Å². The third kappa shape index (κ3) is 3.58. The minimum Gasteiger partial charge on any atom is -0.478 e. The van der Waals surface area contributed by atoms with Crippen LogP contribution < -0.4 is 5.32 Å². The van der Waals surface area contributed by atoms with Crippen LogP contribution in [0, 0.1) is 11.8 Å². The molecule has 84 valence electrons. The molecule has 0 aliphatic rings. The minimum atomic E-state index is -0.977. The second kappa shape index (κ2) is 6.16. The molecule has 0 spiro atoms. The Kier molecular flexibility index (Phi) is 4.84. The summed E-state index contributed by atoms with van der Waals surface area (Å²) in [6.07, 6.45) is 0.699. The summed E-state index contributed by atoms with van der Waals surface area (Å²) in [5.41, 5.74) is 0.750. The molecule has 0 fully saturated rings. The number of rotatable bonds is 3. The first kappa shape index (κ1) is 12.6. The SMILES string of the molecule is CNCCC#Cc1cc(C(=O)O)ccc1Cl. The lowest BCUT2D eigenvalue weighted by molar-refractivity contribution is 0.0697. The van der Waals surface area contributed by atoms with E-state index in [0.717, 1.165) is 6.54 Å². The number of hydrogen-bond acceptors (Lipinski definition) is 2. The van der Waals surface area contributed by atoms with Gasteiger partial charge in [0.1, 0.15) is 0 Å². The highest BCUT2D eigenvalue weighted by Crippen LogP contribution is 2.16. The van der Waals surface area contributed by atoms with Crippen molar-refractivity contribution in [3.63, 3.8) is 0 Å². The summed E-state index contributed by atoms with van der Waals surface area (Å²) in [4.78, 5) is 10.7. The zero-order valence-electron chi connectivity index (χ0n) is 8.88. The summed E-state index contributed by atoms with van der Waals surface area (Å²) >= 11 is 5.90. The lowest BCUT2D eigenvalue weighted by Gasteiger charge is -1.98. The molecule has 0 amide bonds. The molecule has 0 radical (unpaired) electrons. The maximum atomic E-state index is 10.7. The second-order valence-electron chi connectivity index (χ2n) is 3.16. The predicted molar refractivity (Wildman–Crippen MR) is 63.8 cm³/mol. The monoisotopic (exact) mass is 237 g/mol. The molecule has 0 saturated heterocycles. The van der Waals surface area contributed by atoms with E-state index in [1.54, 1.807) is 6.07 Å². The third-order valence-corrected chi connectivity index (χ3v) is 2.27. The Bertz CT molecular complexity index is 446. The van der Waals surface area contributed by atoms with Gasteiger partial charge in [-0.25, -0.2) is 4.79 Å². The summed E-state index contributed by atoms with van der Waals surface area (Å²) in [6, 6.07) is 4.49. The van der Waals surface area contributed by atoms with Crippen LogP contribution >= 0.6 is 11.6 Å². The molecule has 0 bridgehead atoms. The summed E-state index contributed by atoms with van der Waals surface area (Å²) in [5, 5.41) is 12.3. The average Bonchev–Trinajstić information content (AvgIpc) is 2.26. The molecule has 2 N–H and O–H groups in total. The molecule has 0 atom stereocenters. The number of hydrogen-bond donors (Lipinski definition) is 2. The summed E-state index contributed by atoms with van der Waals surface area (Å²) in [5.74, 6) is 4.80. The van der Waals surface area contributed by atoms with E-state index >= 15 is 0 Å². The summed E-state index contributed by atoms with van der Waals surface area (Å²) in [6.45, 7) is 0.795. The molecule has 0 saturated carbocycles. The van der Waals surface area contributed by atoms with Gasteiger partial charge in [-0.2, -0.15) is 0 Å². The molecule has 0 heterocycles. The van der Waals surface area contributed by atoms with Crippen LogP contribution in [0.25, 0.3) is 0 Å². The predicted octanol–water partition coefficient (Wildman–Crippen LogP) is 2.00. The fraction of sp³-hybridized carbons (Fsp3) is 0.250. The van der Waals surface area contributed by atoms with Gasteiger partial charge in [0.05, 0.1) is 10.6 Å². The van der Waals surface area contributed by atoms with Crippen molar-refractivity contribution in [2.45, 2.75) is 6.42 Å². The number of halogens is 1. The standard InChI is InChI=1S/C12H12ClNO2/c1-14-7-3-2-4-9-8-10(12(15)16)5-6-11(9)13/h5-6,8,14H,3,7H2,1H3,(H,15,16). The Morgan fingerprint density at radius 3 is 2.94 bits per heavy atom. The summed E-state index contributed by atoms with van der Waals surface area (Å²) in [7, 11) is 1.85. The van der Waals surface area contributed by atoms with Gasteiger partial charge in [0, 0.05) is 18.5 Å². The van der Waals surface area contributed by atoms with Crippen molar-refractivity contribution in [2.75, 3.05) is 13.6 Å². The summed E-state index contributed by atoms with van der Waals surface area (Å²) < 4.78 is 0. The number of carboxylic acids is 1. The second-order valence-corrected chi connectivity index (χ2v) is 3.56. The van der Waals surface area contributed by atoms with Gasteiger partial charge in [0.15, 0.2) is 0 Å². The molecular formula is C12H12ClNO2. The van der Waals surface area contributed by atoms with E-state index in [-0.39, 0.29) is 5.56 Å². The highest BCUT2D eigenvalue weighted by Gasteiger charge is 2.05. The molecule has 16 heavy (non-hydrogen) atoms. The van der Waals surface area contributed by atoms with Crippen LogP contribution in [0.5, 0.6) is 0 Å². The first-order valence-corrected chi connectivity index (χ1v) is 5.19. The van der Waals surface area contributed by atoms with Gasteiger partial charge in [-0.3, -0.25) is 0 Å². The van der Waals surface area contributed by atoms with E-state index in [0.29, 0.717) is 17.0 Å². The molecule has 1 rings (SSSR count). The Morgan fingerprint density at radius 1 is 1.56 bits per heavy atom. The van der Waals surface area contributed by atoms with Crippen LogP contribution in [-0.4, -0.2) is 24.7 Å². The molecule has 0 aliphatic heterocycles. The average molecular weight is 238 g/mol. The Morgan fingerprint density at radius 2 is 2.31 bits per heavy atom. The number of nitrogens with one attached hydrogen (secondary N) is 1. The Hall–Kier alpha value is -1.50. The van der Waals surface area contributed by atoms with Crippen LogP contribution in [0.3, 0.4) is 0 Å². The highest BCUT2D eigenvalue weighted by molar-refractivity contribution is 6.31. The van der Waals surface area contributed by atoms with E-state index in [9.17, 15) is 4.79 Å². The topological polar surface area (TPSA) is 49.3 Å². The largest absolute Gasteiger partial charge is 0.478 e. The fourth-order valence-corrected chi connectivity index (χ4v) is 1.26. The van der Waals surface area contributed by atoms with E-state index in [1.807, 2.05) is 7.05 Å². The molecule has 1 aromatic rings.